The summed E-state index contributed by atoms with van der Waals surface area (Å²) >= 11 is 6.27. The first-order chi connectivity index (χ1) is 18.5. The Morgan fingerprint density at radius 2 is 1.92 bits per heavy atom. The lowest BCUT2D eigenvalue weighted by atomic mass is 10.1. The van der Waals surface area contributed by atoms with Crippen LogP contribution in [0.4, 0.5) is 18.9 Å². The van der Waals surface area contributed by atoms with E-state index >= 15 is 0 Å². The number of rotatable bonds is 8. The molecule has 0 unspecified atom stereocenters. The molecule has 1 amide bonds. The van der Waals surface area contributed by atoms with Gasteiger partial charge in [0.2, 0.25) is 10.0 Å². The molecule has 0 radical (unpaired) electrons. The van der Waals surface area contributed by atoms with Crippen molar-refractivity contribution in [2.24, 2.45) is 0 Å². The number of amides is 1. The fraction of sp³-hybridized carbons (Fsp3) is 0.231. The van der Waals surface area contributed by atoms with Crippen LogP contribution < -0.4 is 14.8 Å². The minimum absolute atomic E-state index is 0.0143. The van der Waals surface area contributed by atoms with Crippen LogP contribution in [-0.4, -0.2) is 36.5 Å². The number of carbonyl (C=O) groups excluding carboxylic acids is 1. The lowest BCUT2D eigenvalue weighted by Crippen LogP contribution is -2.26. The van der Waals surface area contributed by atoms with Crippen LogP contribution in [0, 0.1) is 0 Å². The smallest absolute Gasteiger partial charge is 0.420 e. The standard InChI is InChI=1S/C26H22ClF3N4O4S/c1-38-24-10-6-16(12-20(24)26(28,29)30)34-23-4-2-3-22(19(23)14-31-34)33-25(35)18-11-15(5-9-21(18)27)13-32-39(36,37)17-7-8-17/h2-6,9-12,14,17,32H,7-8,13H2,1H3,(H,33,35). The van der Waals surface area contributed by atoms with Crippen molar-refractivity contribution in [3.8, 4) is 11.4 Å². The molecule has 13 heteroatoms. The molecule has 1 saturated carbocycles. The monoisotopic (exact) mass is 578 g/mol. The zero-order chi connectivity index (χ0) is 27.9. The molecule has 1 heterocycles. The summed E-state index contributed by atoms with van der Waals surface area (Å²) in [6.45, 7) is 0.0143. The Morgan fingerprint density at radius 3 is 2.62 bits per heavy atom. The van der Waals surface area contributed by atoms with Gasteiger partial charge in [0.15, 0.2) is 0 Å². The number of sulfonamides is 1. The Balaban J connectivity index is 1.42. The van der Waals surface area contributed by atoms with Crippen molar-refractivity contribution in [2.45, 2.75) is 30.8 Å². The fourth-order valence-electron chi connectivity index (χ4n) is 4.14. The second-order valence-corrected chi connectivity index (χ2v) is 11.5. The Labute approximate surface area is 226 Å². The maximum Gasteiger partial charge on any atom is 0.420 e. The summed E-state index contributed by atoms with van der Waals surface area (Å²) in [7, 11) is -2.24. The first kappa shape index (κ1) is 27.0. The van der Waals surface area contributed by atoms with E-state index in [1.807, 2.05) is 0 Å². The highest BCUT2D eigenvalue weighted by Crippen LogP contribution is 2.38. The van der Waals surface area contributed by atoms with Crippen LogP contribution in [0.3, 0.4) is 0 Å². The maximum atomic E-state index is 13.5. The molecule has 8 nitrogen and oxygen atoms in total. The minimum atomic E-state index is -4.63. The Hall–Kier alpha value is -3.61. The van der Waals surface area contributed by atoms with Gasteiger partial charge < -0.3 is 10.1 Å². The molecule has 0 aliphatic heterocycles. The number of fused-ring (bicyclic) bond motifs is 1. The first-order valence-electron chi connectivity index (χ1n) is 11.8. The molecule has 3 aromatic carbocycles. The molecule has 2 N–H and O–H groups in total. The van der Waals surface area contributed by atoms with Crippen LogP contribution in [0.5, 0.6) is 5.75 Å². The number of ether oxygens (including phenoxy) is 1. The normalized spacial score (nSPS) is 14.0. The number of hydrogen-bond donors (Lipinski definition) is 2. The zero-order valence-corrected chi connectivity index (χ0v) is 22.0. The summed E-state index contributed by atoms with van der Waals surface area (Å²) in [5.41, 5.74) is 0.731. The molecule has 1 fully saturated rings. The van der Waals surface area contributed by atoms with Crippen LogP contribution in [0.1, 0.15) is 34.3 Å². The highest BCUT2D eigenvalue weighted by Gasteiger charge is 2.36. The van der Waals surface area contributed by atoms with Crippen molar-refractivity contribution in [3.63, 3.8) is 0 Å². The Kier molecular flexibility index (Phi) is 7.04. The van der Waals surface area contributed by atoms with E-state index in [1.54, 1.807) is 24.3 Å². The van der Waals surface area contributed by atoms with Crippen LogP contribution in [0.2, 0.25) is 5.02 Å². The number of hydrogen-bond acceptors (Lipinski definition) is 5. The number of nitrogens with one attached hydrogen (secondary N) is 2. The number of methoxy groups -OCH3 is 1. The van der Waals surface area contributed by atoms with E-state index < -0.39 is 27.7 Å². The molecule has 204 valence electrons. The lowest BCUT2D eigenvalue weighted by Gasteiger charge is -2.14. The van der Waals surface area contributed by atoms with Gasteiger partial charge in [-0.1, -0.05) is 23.7 Å². The maximum absolute atomic E-state index is 13.5. The number of nitrogens with zero attached hydrogens (tertiary/aromatic N) is 2. The average molecular weight is 579 g/mol. The van der Waals surface area contributed by atoms with Gasteiger partial charge in [0.1, 0.15) is 5.75 Å². The molecule has 1 aliphatic rings. The van der Waals surface area contributed by atoms with Gasteiger partial charge >= 0.3 is 6.18 Å². The first-order valence-corrected chi connectivity index (χ1v) is 13.7. The molecular weight excluding hydrogens is 557 g/mol. The molecule has 0 spiro atoms. The van der Waals surface area contributed by atoms with Gasteiger partial charge in [-0.25, -0.2) is 17.8 Å². The van der Waals surface area contributed by atoms with Gasteiger partial charge in [-0.15, -0.1) is 0 Å². The van der Waals surface area contributed by atoms with Crippen molar-refractivity contribution in [1.82, 2.24) is 14.5 Å². The topological polar surface area (TPSA) is 102 Å². The predicted molar refractivity (Wildman–Crippen MR) is 141 cm³/mol. The van der Waals surface area contributed by atoms with Crippen LogP contribution in [0.25, 0.3) is 16.6 Å². The summed E-state index contributed by atoms with van der Waals surface area (Å²) < 4.78 is 73.6. The third-order valence-corrected chi connectivity index (χ3v) is 8.54. The van der Waals surface area contributed by atoms with E-state index in [0.717, 1.165) is 13.2 Å². The number of anilines is 1. The summed E-state index contributed by atoms with van der Waals surface area (Å²) in [4.78, 5) is 13.2. The van der Waals surface area contributed by atoms with E-state index in [-0.39, 0.29) is 33.8 Å². The summed E-state index contributed by atoms with van der Waals surface area (Å²) in [5.74, 6) is -0.855. The van der Waals surface area contributed by atoms with Crippen LogP contribution >= 0.6 is 11.6 Å². The number of halogens is 4. The van der Waals surface area contributed by atoms with Crippen molar-refractivity contribution in [1.29, 1.82) is 0 Å². The third kappa shape index (κ3) is 5.58. The number of benzene rings is 3. The Morgan fingerprint density at radius 1 is 1.15 bits per heavy atom. The van der Waals surface area contributed by atoms with Crippen molar-refractivity contribution < 1.29 is 31.1 Å². The van der Waals surface area contributed by atoms with Crippen molar-refractivity contribution in [3.05, 3.63) is 82.5 Å². The van der Waals surface area contributed by atoms with E-state index in [1.165, 1.54) is 35.1 Å². The minimum Gasteiger partial charge on any atom is -0.496 e. The number of aromatic nitrogens is 2. The zero-order valence-electron chi connectivity index (χ0n) is 20.4. The van der Waals surface area contributed by atoms with Crippen molar-refractivity contribution in [2.75, 3.05) is 12.4 Å². The molecule has 4 aromatic rings. The highest BCUT2D eigenvalue weighted by molar-refractivity contribution is 7.90. The Bertz CT molecular complexity index is 1680. The van der Waals surface area contributed by atoms with E-state index in [0.29, 0.717) is 35.0 Å². The van der Waals surface area contributed by atoms with Crippen LogP contribution in [0.15, 0.2) is 60.8 Å². The highest BCUT2D eigenvalue weighted by atomic mass is 35.5. The SMILES string of the molecule is COc1ccc(-n2ncc3c(NC(=O)c4cc(CNS(=O)(=O)C5CC5)ccc4Cl)cccc32)cc1C(F)(F)F. The van der Waals surface area contributed by atoms with Gasteiger partial charge in [-0.05, 0) is 60.9 Å². The summed E-state index contributed by atoms with van der Waals surface area (Å²) in [6, 6.07) is 13.2. The second kappa shape index (κ2) is 10.2. The number of alkyl halides is 3. The largest absolute Gasteiger partial charge is 0.496 e. The molecule has 39 heavy (non-hydrogen) atoms. The summed E-state index contributed by atoms with van der Waals surface area (Å²) in [6.07, 6.45) is -1.93. The fourth-order valence-corrected chi connectivity index (χ4v) is 5.70. The van der Waals surface area contributed by atoms with Gasteiger partial charge in [0.05, 0.1) is 51.6 Å². The molecule has 0 atom stereocenters. The van der Waals surface area contributed by atoms with E-state index in [9.17, 15) is 26.4 Å². The second-order valence-electron chi connectivity index (χ2n) is 9.01. The van der Waals surface area contributed by atoms with Gasteiger partial charge in [0, 0.05) is 11.9 Å². The number of carbonyl (C=O) groups is 1. The van der Waals surface area contributed by atoms with Gasteiger partial charge in [0.25, 0.3) is 5.91 Å². The molecule has 1 aromatic heterocycles. The van der Waals surface area contributed by atoms with Gasteiger partial charge in [-0.2, -0.15) is 18.3 Å². The quantitative estimate of drug-likeness (QED) is 0.286. The third-order valence-electron chi connectivity index (χ3n) is 6.31. The van der Waals surface area contributed by atoms with Gasteiger partial charge in [-0.3, -0.25) is 4.79 Å². The molecular formula is C26H22ClF3N4O4S. The molecule has 0 saturated heterocycles. The molecule has 0 bridgehead atoms. The van der Waals surface area contributed by atoms with E-state index in [4.69, 9.17) is 16.3 Å². The van der Waals surface area contributed by atoms with Crippen LogP contribution in [-0.2, 0) is 22.7 Å². The molecule has 5 rings (SSSR count). The lowest BCUT2D eigenvalue weighted by molar-refractivity contribution is -0.138. The predicted octanol–water partition coefficient (Wildman–Crippen LogP) is 5.54. The van der Waals surface area contributed by atoms with Crippen molar-refractivity contribution >= 4 is 44.1 Å². The molecule has 1 aliphatic carbocycles. The van der Waals surface area contributed by atoms with E-state index in [2.05, 4.69) is 15.1 Å². The summed E-state index contributed by atoms with van der Waals surface area (Å²) in [5, 5.41) is 7.31. The average Bonchev–Trinajstić information content (AvgIpc) is 3.68.